The van der Waals surface area contributed by atoms with Gasteiger partial charge in [0, 0.05) is 18.8 Å². The minimum Gasteiger partial charge on any atom is -0.372 e. The summed E-state index contributed by atoms with van der Waals surface area (Å²) in [5.74, 6) is 0.612. The third-order valence-electron chi connectivity index (χ3n) is 3.01. The molecule has 0 N–H and O–H groups in total. The van der Waals surface area contributed by atoms with Gasteiger partial charge in [-0.2, -0.15) is 0 Å². The quantitative estimate of drug-likeness (QED) is 0.719. The minimum atomic E-state index is 0.612. The normalized spacial score (nSPS) is 10.8. The van der Waals surface area contributed by atoms with Crippen molar-refractivity contribution in [3.05, 3.63) is 29.3 Å². The van der Waals surface area contributed by atoms with Crippen LogP contribution in [-0.4, -0.2) is 13.1 Å². The lowest BCUT2D eigenvalue weighted by atomic mass is 9.97. The Balaban J connectivity index is 3.06. The average molecular weight is 205 g/mol. The van der Waals surface area contributed by atoms with E-state index in [1.165, 1.54) is 16.8 Å². The fraction of sp³-hybridized carbons (Fsp3) is 0.571. The van der Waals surface area contributed by atoms with E-state index in [1.807, 2.05) is 0 Å². The van der Waals surface area contributed by atoms with Gasteiger partial charge in [-0.1, -0.05) is 19.9 Å². The molecule has 0 spiro atoms. The van der Waals surface area contributed by atoms with Crippen molar-refractivity contribution < 1.29 is 0 Å². The number of aryl methyl sites for hydroxylation is 1. The third-order valence-corrected chi connectivity index (χ3v) is 3.01. The first kappa shape index (κ1) is 12.1. The molecule has 1 heteroatoms. The largest absolute Gasteiger partial charge is 0.372 e. The molecule has 0 bridgehead atoms. The van der Waals surface area contributed by atoms with Gasteiger partial charge in [0.25, 0.3) is 0 Å². The highest BCUT2D eigenvalue weighted by molar-refractivity contribution is 5.51. The lowest BCUT2D eigenvalue weighted by Crippen LogP contribution is -2.21. The van der Waals surface area contributed by atoms with E-state index in [4.69, 9.17) is 0 Å². The van der Waals surface area contributed by atoms with Crippen molar-refractivity contribution >= 4 is 5.69 Å². The summed E-state index contributed by atoms with van der Waals surface area (Å²) in [6.07, 6.45) is 0. The van der Waals surface area contributed by atoms with E-state index in [0.717, 1.165) is 13.1 Å². The summed E-state index contributed by atoms with van der Waals surface area (Å²) in [5, 5.41) is 0. The lowest BCUT2D eigenvalue weighted by molar-refractivity contribution is 0.838. The second-order valence-electron chi connectivity index (χ2n) is 4.37. The Labute approximate surface area is 94.1 Å². The smallest absolute Gasteiger partial charge is 0.0369 e. The summed E-state index contributed by atoms with van der Waals surface area (Å²) in [6, 6.07) is 6.81. The van der Waals surface area contributed by atoms with Crippen molar-refractivity contribution in [2.45, 2.75) is 40.5 Å². The van der Waals surface area contributed by atoms with E-state index >= 15 is 0 Å². The zero-order valence-corrected chi connectivity index (χ0v) is 10.7. The predicted molar refractivity (Wildman–Crippen MR) is 68.8 cm³/mol. The Morgan fingerprint density at radius 3 is 2.20 bits per heavy atom. The zero-order chi connectivity index (χ0) is 11.4. The van der Waals surface area contributed by atoms with Gasteiger partial charge in [-0.25, -0.2) is 0 Å². The van der Waals surface area contributed by atoms with E-state index in [0.29, 0.717) is 5.92 Å². The number of benzene rings is 1. The molecule has 0 saturated carbocycles. The van der Waals surface area contributed by atoms with Crippen molar-refractivity contribution in [2.75, 3.05) is 18.0 Å². The standard InChI is InChI=1S/C14H23N/c1-6-15(7-2)13-9-8-12(5)14(10-13)11(3)4/h8-11H,6-7H2,1-5H3. The van der Waals surface area contributed by atoms with Crippen LogP contribution in [0.4, 0.5) is 5.69 Å². The number of nitrogens with zero attached hydrogens (tertiary/aromatic N) is 1. The fourth-order valence-electron chi connectivity index (χ4n) is 2.04. The number of hydrogen-bond acceptors (Lipinski definition) is 1. The van der Waals surface area contributed by atoms with Crippen molar-refractivity contribution in [3.8, 4) is 0 Å². The molecule has 84 valence electrons. The van der Waals surface area contributed by atoms with Crippen LogP contribution in [0.5, 0.6) is 0 Å². The van der Waals surface area contributed by atoms with Crippen LogP contribution in [0.2, 0.25) is 0 Å². The van der Waals surface area contributed by atoms with Gasteiger partial charge < -0.3 is 4.90 Å². The van der Waals surface area contributed by atoms with Crippen LogP contribution < -0.4 is 4.90 Å². The Morgan fingerprint density at radius 2 is 1.73 bits per heavy atom. The average Bonchev–Trinajstić information content (AvgIpc) is 2.21. The van der Waals surface area contributed by atoms with Gasteiger partial charge in [-0.05, 0) is 49.9 Å². The second kappa shape index (κ2) is 5.20. The molecule has 0 aliphatic carbocycles. The topological polar surface area (TPSA) is 3.24 Å². The molecular formula is C14H23N. The van der Waals surface area contributed by atoms with Crippen molar-refractivity contribution in [2.24, 2.45) is 0 Å². The van der Waals surface area contributed by atoms with Gasteiger partial charge in [0.05, 0.1) is 0 Å². The van der Waals surface area contributed by atoms with Crippen molar-refractivity contribution in [1.29, 1.82) is 0 Å². The zero-order valence-electron chi connectivity index (χ0n) is 10.7. The molecule has 0 atom stereocenters. The highest BCUT2D eigenvalue weighted by Crippen LogP contribution is 2.24. The maximum atomic E-state index is 2.39. The minimum absolute atomic E-state index is 0.612. The van der Waals surface area contributed by atoms with E-state index in [1.54, 1.807) is 0 Å². The summed E-state index contributed by atoms with van der Waals surface area (Å²) in [6.45, 7) is 13.3. The molecule has 0 fully saturated rings. The van der Waals surface area contributed by atoms with Crippen LogP contribution in [0.25, 0.3) is 0 Å². The number of rotatable bonds is 4. The fourth-order valence-corrected chi connectivity index (χ4v) is 2.04. The van der Waals surface area contributed by atoms with E-state index < -0.39 is 0 Å². The first-order chi connectivity index (χ1) is 7.10. The van der Waals surface area contributed by atoms with E-state index in [2.05, 4.69) is 57.7 Å². The van der Waals surface area contributed by atoms with Gasteiger partial charge in [0.2, 0.25) is 0 Å². The molecule has 1 nitrogen and oxygen atoms in total. The first-order valence-electron chi connectivity index (χ1n) is 5.95. The molecule has 0 aromatic heterocycles. The molecular weight excluding hydrogens is 182 g/mol. The third kappa shape index (κ3) is 2.74. The Bertz CT molecular complexity index is 311. The van der Waals surface area contributed by atoms with Crippen LogP contribution in [0.15, 0.2) is 18.2 Å². The molecule has 1 aromatic rings. The summed E-state index contributed by atoms with van der Waals surface area (Å²) in [4.78, 5) is 2.39. The first-order valence-corrected chi connectivity index (χ1v) is 5.95. The van der Waals surface area contributed by atoms with Gasteiger partial charge in [0.15, 0.2) is 0 Å². The summed E-state index contributed by atoms with van der Waals surface area (Å²) >= 11 is 0. The van der Waals surface area contributed by atoms with Crippen LogP contribution in [-0.2, 0) is 0 Å². The van der Waals surface area contributed by atoms with Crippen LogP contribution in [0.3, 0.4) is 0 Å². The maximum Gasteiger partial charge on any atom is 0.0369 e. The van der Waals surface area contributed by atoms with Crippen LogP contribution in [0.1, 0.15) is 44.7 Å². The van der Waals surface area contributed by atoms with Crippen LogP contribution >= 0.6 is 0 Å². The van der Waals surface area contributed by atoms with Gasteiger partial charge >= 0.3 is 0 Å². The van der Waals surface area contributed by atoms with E-state index in [-0.39, 0.29) is 0 Å². The summed E-state index contributed by atoms with van der Waals surface area (Å²) in [7, 11) is 0. The van der Waals surface area contributed by atoms with Crippen LogP contribution in [0, 0.1) is 6.92 Å². The Hall–Kier alpha value is -0.980. The SMILES string of the molecule is CCN(CC)c1ccc(C)c(C(C)C)c1. The molecule has 0 unspecified atom stereocenters. The molecule has 1 aromatic carbocycles. The molecule has 15 heavy (non-hydrogen) atoms. The summed E-state index contributed by atoms with van der Waals surface area (Å²) in [5.41, 5.74) is 4.23. The highest BCUT2D eigenvalue weighted by Gasteiger charge is 2.07. The molecule has 1 rings (SSSR count). The molecule has 0 aliphatic rings. The highest BCUT2D eigenvalue weighted by atomic mass is 15.1. The van der Waals surface area contributed by atoms with Gasteiger partial charge in [-0.3, -0.25) is 0 Å². The number of hydrogen-bond donors (Lipinski definition) is 0. The maximum absolute atomic E-state index is 2.39. The monoisotopic (exact) mass is 205 g/mol. The van der Waals surface area contributed by atoms with Gasteiger partial charge in [0.1, 0.15) is 0 Å². The Morgan fingerprint density at radius 1 is 1.13 bits per heavy atom. The summed E-state index contributed by atoms with van der Waals surface area (Å²) < 4.78 is 0. The lowest BCUT2D eigenvalue weighted by Gasteiger charge is -2.23. The van der Waals surface area contributed by atoms with Crippen molar-refractivity contribution in [3.63, 3.8) is 0 Å². The molecule has 0 saturated heterocycles. The second-order valence-corrected chi connectivity index (χ2v) is 4.37. The van der Waals surface area contributed by atoms with E-state index in [9.17, 15) is 0 Å². The molecule has 0 amide bonds. The van der Waals surface area contributed by atoms with Gasteiger partial charge in [-0.15, -0.1) is 0 Å². The molecule has 0 aliphatic heterocycles. The predicted octanol–water partition coefficient (Wildman–Crippen LogP) is 3.96. The molecule has 0 radical (unpaired) electrons. The Kier molecular flexibility index (Phi) is 4.19. The number of anilines is 1. The molecule has 0 heterocycles. The van der Waals surface area contributed by atoms with Crippen molar-refractivity contribution in [1.82, 2.24) is 0 Å².